The van der Waals surface area contributed by atoms with E-state index in [1.54, 1.807) is 26.2 Å². The second-order valence-corrected chi connectivity index (χ2v) is 3.30. The van der Waals surface area contributed by atoms with Gasteiger partial charge in [0.15, 0.2) is 0 Å². The summed E-state index contributed by atoms with van der Waals surface area (Å²) in [6.45, 7) is 11.3. The maximum atomic E-state index is 11.6. The molecule has 0 N–H and O–H groups in total. The van der Waals surface area contributed by atoms with Crippen molar-refractivity contribution in [2.24, 2.45) is 0 Å². The topological polar surface area (TPSA) is 20.3 Å². The summed E-state index contributed by atoms with van der Waals surface area (Å²) >= 11 is 0. The number of amides is 1. The standard InChI is InChI=1S/C11H16BNO.C2H6/c1-6-10(11(14)13(4)5)7-8(2)9(3)12;1-2/h6-7H,3H2,1-2,4-5H3;1-2H3/b8-7-,10-6+;. The summed E-state index contributed by atoms with van der Waals surface area (Å²) in [7, 11) is 8.93. The molecule has 0 aliphatic carbocycles. The van der Waals surface area contributed by atoms with Gasteiger partial charge in [-0.25, -0.2) is 0 Å². The van der Waals surface area contributed by atoms with Crippen LogP contribution in [0.2, 0.25) is 0 Å². The van der Waals surface area contributed by atoms with Gasteiger partial charge in [-0.2, -0.15) is 0 Å². The highest BCUT2D eigenvalue weighted by atomic mass is 16.2. The Morgan fingerprint density at radius 2 is 1.75 bits per heavy atom. The molecule has 0 aromatic carbocycles. The van der Waals surface area contributed by atoms with Crippen LogP contribution in [0.4, 0.5) is 0 Å². The van der Waals surface area contributed by atoms with Crippen molar-refractivity contribution in [3.8, 4) is 0 Å². The molecule has 0 saturated heterocycles. The van der Waals surface area contributed by atoms with Gasteiger partial charge < -0.3 is 4.90 Å². The molecule has 2 nitrogen and oxygen atoms in total. The van der Waals surface area contributed by atoms with Crippen LogP contribution < -0.4 is 0 Å². The fourth-order valence-corrected chi connectivity index (χ4v) is 0.853. The smallest absolute Gasteiger partial charge is 0.253 e. The van der Waals surface area contributed by atoms with Gasteiger partial charge in [-0.05, 0) is 19.9 Å². The van der Waals surface area contributed by atoms with Crippen molar-refractivity contribution in [1.82, 2.24) is 4.90 Å². The quantitative estimate of drug-likeness (QED) is 0.406. The van der Waals surface area contributed by atoms with E-state index in [2.05, 4.69) is 6.58 Å². The van der Waals surface area contributed by atoms with Gasteiger partial charge in [0.05, 0.1) is 0 Å². The highest BCUT2D eigenvalue weighted by molar-refractivity contribution is 6.24. The molecule has 2 radical (unpaired) electrons. The zero-order chi connectivity index (χ0) is 13.3. The Morgan fingerprint density at radius 3 is 2.00 bits per heavy atom. The Balaban J connectivity index is 0. The average molecular weight is 219 g/mol. The molecule has 0 bridgehead atoms. The Kier molecular flexibility index (Phi) is 9.67. The summed E-state index contributed by atoms with van der Waals surface area (Å²) in [5.41, 5.74) is 1.92. The molecule has 0 heterocycles. The van der Waals surface area contributed by atoms with Gasteiger partial charge in [0.2, 0.25) is 0 Å². The van der Waals surface area contributed by atoms with Crippen LogP contribution in [0.3, 0.4) is 0 Å². The molecule has 0 aromatic heterocycles. The molecule has 1 amide bonds. The number of carbonyl (C=O) groups is 1. The summed E-state index contributed by atoms with van der Waals surface area (Å²) in [6, 6.07) is 0. The van der Waals surface area contributed by atoms with E-state index in [9.17, 15) is 4.79 Å². The van der Waals surface area contributed by atoms with Crippen molar-refractivity contribution in [2.45, 2.75) is 27.7 Å². The first-order valence-corrected chi connectivity index (χ1v) is 5.41. The normalized spacial score (nSPS) is 11.4. The summed E-state index contributed by atoms with van der Waals surface area (Å²) in [6.07, 6.45) is 3.50. The molecule has 0 rings (SSSR count). The lowest BCUT2D eigenvalue weighted by molar-refractivity contribution is -0.124. The minimum absolute atomic E-state index is 0.0342. The van der Waals surface area contributed by atoms with Gasteiger partial charge in [-0.3, -0.25) is 4.79 Å². The van der Waals surface area contributed by atoms with Crippen LogP contribution in [0.15, 0.2) is 35.3 Å². The Bertz CT molecular complexity index is 301. The van der Waals surface area contributed by atoms with Crippen LogP contribution in [-0.4, -0.2) is 32.7 Å². The van der Waals surface area contributed by atoms with Crippen molar-refractivity contribution < 1.29 is 4.79 Å². The predicted molar refractivity (Wildman–Crippen MR) is 72.5 cm³/mol. The summed E-state index contributed by atoms with van der Waals surface area (Å²) < 4.78 is 0. The molecule has 0 unspecified atom stereocenters. The molecule has 3 heteroatoms. The molecule has 0 aliphatic heterocycles. The van der Waals surface area contributed by atoms with Crippen LogP contribution in [0.1, 0.15) is 27.7 Å². The van der Waals surface area contributed by atoms with Crippen molar-refractivity contribution in [1.29, 1.82) is 0 Å². The number of hydrogen-bond donors (Lipinski definition) is 0. The molecule has 0 atom stereocenters. The second kappa shape index (κ2) is 9.02. The van der Waals surface area contributed by atoms with Gasteiger partial charge in [-0.15, -0.1) is 12.1 Å². The van der Waals surface area contributed by atoms with Gasteiger partial charge >= 0.3 is 0 Å². The van der Waals surface area contributed by atoms with Crippen molar-refractivity contribution in [3.63, 3.8) is 0 Å². The van der Waals surface area contributed by atoms with Crippen LogP contribution in [0.5, 0.6) is 0 Å². The third-order valence-electron chi connectivity index (χ3n) is 1.84. The maximum Gasteiger partial charge on any atom is 0.253 e. The number of nitrogens with zero attached hydrogens (tertiary/aromatic N) is 1. The monoisotopic (exact) mass is 219 g/mol. The van der Waals surface area contributed by atoms with E-state index in [-0.39, 0.29) is 5.91 Å². The van der Waals surface area contributed by atoms with Gasteiger partial charge in [0, 0.05) is 19.7 Å². The van der Waals surface area contributed by atoms with E-state index in [0.717, 1.165) is 5.57 Å². The minimum Gasteiger partial charge on any atom is -0.345 e. The number of carbonyl (C=O) groups excluding carboxylic acids is 1. The van der Waals surface area contributed by atoms with E-state index in [4.69, 9.17) is 7.85 Å². The van der Waals surface area contributed by atoms with Crippen molar-refractivity contribution >= 4 is 13.8 Å². The molecular weight excluding hydrogens is 197 g/mol. The highest BCUT2D eigenvalue weighted by Crippen LogP contribution is 2.09. The molecule has 0 spiro atoms. The lowest BCUT2D eigenvalue weighted by Crippen LogP contribution is -2.22. The Hall–Kier alpha value is -1.25. The zero-order valence-corrected chi connectivity index (χ0v) is 11.3. The fourth-order valence-electron chi connectivity index (χ4n) is 0.853. The number of hydrogen-bond acceptors (Lipinski definition) is 1. The summed E-state index contributed by atoms with van der Waals surface area (Å²) in [4.78, 5) is 13.1. The first-order chi connectivity index (χ1) is 7.40. The largest absolute Gasteiger partial charge is 0.345 e. The Labute approximate surface area is 101 Å². The summed E-state index contributed by atoms with van der Waals surface area (Å²) in [5.74, 6) is -0.0342. The van der Waals surface area contributed by atoms with Gasteiger partial charge in [0.1, 0.15) is 7.85 Å². The van der Waals surface area contributed by atoms with Crippen molar-refractivity contribution in [2.75, 3.05) is 14.1 Å². The lowest BCUT2D eigenvalue weighted by atomic mass is 9.89. The molecular formula is C13H22BNO. The minimum atomic E-state index is -0.0342. The van der Waals surface area contributed by atoms with Gasteiger partial charge in [-0.1, -0.05) is 25.5 Å². The first kappa shape index (κ1) is 17.2. The van der Waals surface area contributed by atoms with Gasteiger partial charge in [0.25, 0.3) is 5.91 Å². The van der Waals surface area contributed by atoms with E-state index in [1.807, 2.05) is 27.7 Å². The molecule has 0 aliphatic rings. The van der Waals surface area contributed by atoms with Crippen LogP contribution in [0.25, 0.3) is 0 Å². The average Bonchev–Trinajstić information content (AvgIpc) is 2.26. The molecule has 0 saturated carbocycles. The number of allylic oxidation sites excluding steroid dienone is 3. The van der Waals surface area contributed by atoms with E-state index < -0.39 is 0 Å². The summed E-state index contributed by atoms with van der Waals surface area (Å²) in [5, 5.41) is 0. The third kappa shape index (κ3) is 6.28. The number of likely N-dealkylation sites (N-methyl/N-ethyl adjacent to an activating group) is 1. The lowest BCUT2D eigenvalue weighted by Gasteiger charge is -2.11. The van der Waals surface area contributed by atoms with E-state index in [1.165, 1.54) is 4.90 Å². The first-order valence-electron chi connectivity index (χ1n) is 5.41. The predicted octanol–water partition coefficient (Wildman–Crippen LogP) is 2.68. The Morgan fingerprint density at radius 1 is 1.31 bits per heavy atom. The highest BCUT2D eigenvalue weighted by Gasteiger charge is 2.07. The molecule has 0 aromatic rings. The van der Waals surface area contributed by atoms with Crippen LogP contribution in [0, 0.1) is 0 Å². The zero-order valence-electron chi connectivity index (χ0n) is 11.3. The SMILES string of the molecule is CC.[B]C(=C)/C(C)=C\C(=C/C)C(=O)N(C)C. The number of rotatable bonds is 3. The van der Waals surface area contributed by atoms with Crippen LogP contribution in [-0.2, 0) is 4.79 Å². The van der Waals surface area contributed by atoms with Crippen molar-refractivity contribution in [3.05, 3.63) is 35.3 Å². The second-order valence-electron chi connectivity index (χ2n) is 3.30. The molecule has 0 fully saturated rings. The third-order valence-corrected chi connectivity index (χ3v) is 1.84. The molecule has 88 valence electrons. The maximum absolute atomic E-state index is 11.6. The molecule has 16 heavy (non-hydrogen) atoms. The fraction of sp³-hybridized carbons (Fsp3) is 0.462. The van der Waals surface area contributed by atoms with E-state index >= 15 is 0 Å². The van der Waals surface area contributed by atoms with Crippen LogP contribution >= 0.6 is 0 Å². The van der Waals surface area contributed by atoms with E-state index in [0.29, 0.717) is 11.0 Å².